The topological polar surface area (TPSA) is 114 Å². The van der Waals surface area contributed by atoms with Crippen molar-refractivity contribution in [3.63, 3.8) is 0 Å². The van der Waals surface area contributed by atoms with E-state index in [0.29, 0.717) is 13.0 Å². The van der Waals surface area contributed by atoms with E-state index >= 15 is 0 Å². The van der Waals surface area contributed by atoms with E-state index in [-0.39, 0.29) is 41.2 Å². The summed E-state index contributed by atoms with van der Waals surface area (Å²) in [7, 11) is 0. The number of alkyl halides is 3. The van der Waals surface area contributed by atoms with Crippen molar-refractivity contribution in [2.24, 2.45) is 0 Å². The number of aromatic nitrogens is 2. The van der Waals surface area contributed by atoms with Gasteiger partial charge in [-0.05, 0) is 60.4 Å². The molecule has 3 aromatic rings. The summed E-state index contributed by atoms with van der Waals surface area (Å²) in [5, 5.41) is 3.24. The van der Waals surface area contributed by atoms with Gasteiger partial charge >= 0.3 is 17.8 Å². The first kappa shape index (κ1) is 32.9. The molecule has 0 aliphatic rings. The van der Waals surface area contributed by atoms with Crippen molar-refractivity contribution in [1.29, 1.82) is 0 Å². The Morgan fingerprint density at radius 3 is 2.38 bits per heavy atom. The van der Waals surface area contributed by atoms with Gasteiger partial charge in [-0.25, -0.2) is 9.18 Å². The van der Waals surface area contributed by atoms with Gasteiger partial charge in [0, 0.05) is 17.7 Å². The van der Waals surface area contributed by atoms with Crippen LogP contribution in [-0.4, -0.2) is 33.7 Å². The van der Waals surface area contributed by atoms with E-state index in [4.69, 9.17) is 4.74 Å². The van der Waals surface area contributed by atoms with Gasteiger partial charge in [0.05, 0.1) is 31.3 Å². The first-order valence-electron chi connectivity index (χ1n) is 12.2. The normalized spacial score (nSPS) is 12.1. The second-order valence-corrected chi connectivity index (χ2v) is 9.57. The fourth-order valence-corrected chi connectivity index (χ4v) is 4.58. The fraction of sp³-hybridized carbons (Fsp3) is 0.370. The number of nitrogens with one attached hydrogen (secondary N) is 1. The molecule has 0 aliphatic carbocycles. The highest BCUT2D eigenvalue weighted by atomic mass is 79.9. The number of carbonyl (C=O) groups is 1. The van der Waals surface area contributed by atoms with Gasteiger partial charge in [0.2, 0.25) is 0 Å². The van der Waals surface area contributed by atoms with Crippen LogP contribution in [0.25, 0.3) is 0 Å². The van der Waals surface area contributed by atoms with Crippen molar-refractivity contribution in [3.8, 4) is 0 Å². The predicted octanol–water partition coefficient (Wildman–Crippen LogP) is 4.14. The van der Waals surface area contributed by atoms with Gasteiger partial charge in [-0.3, -0.25) is 18.7 Å². The second-order valence-electron chi connectivity index (χ2n) is 8.77. The lowest BCUT2D eigenvalue weighted by Crippen LogP contribution is -2.44. The lowest BCUT2D eigenvalue weighted by molar-refractivity contribution is -0.143. The van der Waals surface area contributed by atoms with Crippen LogP contribution in [0.5, 0.6) is 0 Å². The molecule has 0 aliphatic heterocycles. The molecule has 1 heterocycles. The van der Waals surface area contributed by atoms with Crippen molar-refractivity contribution in [1.82, 2.24) is 14.5 Å². The van der Waals surface area contributed by atoms with Crippen molar-refractivity contribution < 1.29 is 32.6 Å². The lowest BCUT2D eigenvalue weighted by atomic mass is 10.1. The third-order valence-electron chi connectivity index (χ3n) is 6.18. The standard InChI is InChI=1S/C27H28BrF4N3O4.H2O/c1-3-39-23(36)13-8-14-33-22(18-9-5-4-6-10-18)16-35-25(37)24(28)17(2)34(26(35)38)15-19-20(27(30,31)32)11-7-12-21(19)29;/h4-7,9-12,22,33H,3,8,13-16H2,1-2H3;1H2. The summed E-state index contributed by atoms with van der Waals surface area (Å²) in [6.07, 6.45) is -4.23. The van der Waals surface area contributed by atoms with Gasteiger partial charge < -0.3 is 15.5 Å². The van der Waals surface area contributed by atoms with Crippen LogP contribution in [0.3, 0.4) is 0 Å². The van der Waals surface area contributed by atoms with Crippen molar-refractivity contribution in [2.75, 3.05) is 13.2 Å². The monoisotopic (exact) mass is 631 g/mol. The summed E-state index contributed by atoms with van der Waals surface area (Å²) >= 11 is 3.16. The molecule has 3 rings (SSSR count). The van der Waals surface area contributed by atoms with Crippen LogP contribution >= 0.6 is 15.9 Å². The van der Waals surface area contributed by atoms with Crippen LogP contribution in [0.2, 0.25) is 0 Å². The Balaban J connectivity index is 0.00000560. The highest BCUT2D eigenvalue weighted by Gasteiger charge is 2.35. The first-order chi connectivity index (χ1) is 18.5. The molecule has 0 saturated heterocycles. The number of hydrogen-bond donors (Lipinski definition) is 1. The number of rotatable bonds is 11. The molecule has 0 spiro atoms. The lowest BCUT2D eigenvalue weighted by Gasteiger charge is -2.22. The van der Waals surface area contributed by atoms with Crippen LogP contribution in [0.1, 0.15) is 48.2 Å². The average molecular weight is 632 g/mol. The third kappa shape index (κ3) is 7.89. The Morgan fingerprint density at radius 1 is 1.07 bits per heavy atom. The van der Waals surface area contributed by atoms with E-state index in [0.717, 1.165) is 32.9 Å². The molecule has 13 heteroatoms. The summed E-state index contributed by atoms with van der Waals surface area (Å²) in [6.45, 7) is 2.85. The number of hydrogen-bond acceptors (Lipinski definition) is 5. The van der Waals surface area contributed by atoms with Crippen molar-refractivity contribution in [2.45, 2.75) is 52.0 Å². The molecule has 0 fully saturated rings. The van der Waals surface area contributed by atoms with Crippen molar-refractivity contribution in [3.05, 3.63) is 102 Å². The molecule has 40 heavy (non-hydrogen) atoms. The average Bonchev–Trinajstić information content (AvgIpc) is 2.90. The Kier molecular flexibility index (Phi) is 11.8. The number of carbonyl (C=O) groups excluding carboxylic acids is 1. The number of esters is 1. The summed E-state index contributed by atoms with van der Waals surface area (Å²) < 4.78 is 62.1. The minimum absolute atomic E-state index is 0. The maximum absolute atomic E-state index is 14.6. The Morgan fingerprint density at radius 2 is 1.75 bits per heavy atom. The van der Waals surface area contributed by atoms with E-state index in [9.17, 15) is 31.9 Å². The molecular formula is C27H30BrF4N3O5. The van der Waals surface area contributed by atoms with E-state index in [1.54, 1.807) is 37.3 Å². The largest absolute Gasteiger partial charge is 0.466 e. The fourth-order valence-electron chi connectivity index (χ4n) is 4.16. The minimum atomic E-state index is -4.84. The number of nitrogens with zero attached hydrogens (tertiary/aromatic N) is 2. The molecule has 0 amide bonds. The quantitative estimate of drug-likeness (QED) is 0.194. The SMILES string of the molecule is CCOC(=O)CCCNC(Cn1c(=O)c(Br)c(C)n(Cc2c(F)cccc2C(F)(F)F)c1=O)c1ccccc1.O. The molecule has 2 aromatic carbocycles. The van der Waals surface area contributed by atoms with E-state index in [1.807, 2.05) is 0 Å². The Labute approximate surface area is 236 Å². The maximum atomic E-state index is 14.6. The molecule has 1 aromatic heterocycles. The van der Waals surface area contributed by atoms with E-state index in [1.165, 1.54) is 6.92 Å². The maximum Gasteiger partial charge on any atom is 0.416 e. The summed E-state index contributed by atoms with van der Waals surface area (Å²) in [5.74, 6) is -1.46. The zero-order chi connectivity index (χ0) is 28.7. The third-order valence-corrected chi connectivity index (χ3v) is 7.09. The number of ether oxygens (including phenoxy) is 1. The zero-order valence-electron chi connectivity index (χ0n) is 21.9. The molecule has 1 unspecified atom stereocenters. The van der Waals surface area contributed by atoms with Gasteiger partial charge in [0.25, 0.3) is 5.56 Å². The van der Waals surface area contributed by atoms with E-state index < -0.39 is 47.0 Å². The summed E-state index contributed by atoms with van der Waals surface area (Å²) in [6, 6.07) is 11.0. The highest BCUT2D eigenvalue weighted by Crippen LogP contribution is 2.33. The summed E-state index contributed by atoms with van der Waals surface area (Å²) in [5.41, 5.74) is -2.65. The molecular weight excluding hydrogens is 602 g/mol. The smallest absolute Gasteiger partial charge is 0.416 e. The molecule has 1 atom stereocenters. The number of benzene rings is 2. The molecule has 8 nitrogen and oxygen atoms in total. The van der Waals surface area contributed by atoms with Gasteiger partial charge in [-0.15, -0.1) is 0 Å². The molecule has 3 N–H and O–H groups in total. The molecule has 218 valence electrons. The van der Waals surface area contributed by atoms with Gasteiger partial charge in [0.1, 0.15) is 10.3 Å². The second kappa shape index (κ2) is 14.4. The summed E-state index contributed by atoms with van der Waals surface area (Å²) in [4.78, 5) is 38.3. The van der Waals surface area contributed by atoms with Gasteiger partial charge in [-0.2, -0.15) is 13.2 Å². The molecule has 0 bridgehead atoms. The highest BCUT2D eigenvalue weighted by molar-refractivity contribution is 9.10. The molecule has 0 radical (unpaired) electrons. The van der Waals surface area contributed by atoms with Crippen LogP contribution < -0.4 is 16.6 Å². The van der Waals surface area contributed by atoms with Gasteiger partial charge in [-0.1, -0.05) is 36.4 Å². The Bertz CT molecular complexity index is 1420. The van der Waals surface area contributed by atoms with Crippen LogP contribution in [0.4, 0.5) is 17.6 Å². The van der Waals surface area contributed by atoms with Gasteiger partial charge in [0.15, 0.2) is 0 Å². The van der Waals surface area contributed by atoms with Crippen LogP contribution in [0.15, 0.2) is 62.6 Å². The molecule has 0 saturated carbocycles. The Hall–Kier alpha value is -3.29. The number of halogens is 5. The minimum Gasteiger partial charge on any atom is -0.466 e. The van der Waals surface area contributed by atoms with E-state index in [2.05, 4.69) is 21.2 Å². The van der Waals surface area contributed by atoms with Crippen LogP contribution in [-0.2, 0) is 28.8 Å². The van der Waals surface area contributed by atoms with Crippen molar-refractivity contribution >= 4 is 21.9 Å². The van der Waals surface area contributed by atoms with Crippen LogP contribution in [0, 0.1) is 12.7 Å². The predicted molar refractivity (Wildman–Crippen MR) is 145 cm³/mol. The first-order valence-corrected chi connectivity index (χ1v) is 13.0. The zero-order valence-corrected chi connectivity index (χ0v) is 23.4.